The van der Waals surface area contributed by atoms with Crippen molar-refractivity contribution in [1.82, 2.24) is 5.32 Å². The number of benzene rings is 1. The van der Waals surface area contributed by atoms with Crippen molar-refractivity contribution in [3.63, 3.8) is 0 Å². The summed E-state index contributed by atoms with van der Waals surface area (Å²) in [5.41, 5.74) is 1.12. The van der Waals surface area contributed by atoms with Gasteiger partial charge in [-0.05, 0) is 55.3 Å². The van der Waals surface area contributed by atoms with Gasteiger partial charge in [0.15, 0.2) is 0 Å². The average Bonchev–Trinajstić information content (AvgIpc) is 2.39. The normalized spacial score (nSPS) is 25.2. The van der Waals surface area contributed by atoms with Crippen LogP contribution in [0.2, 0.25) is 0 Å². The Hall–Kier alpha value is -0.890. The zero-order valence-corrected chi connectivity index (χ0v) is 12.2. The lowest BCUT2D eigenvalue weighted by Gasteiger charge is -2.33. The van der Waals surface area contributed by atoms with Crippen LogP contribution in [0.25, 0.3) is 0 Å². The van der Waals surface area contributed by atoms with Crippen molar-refractivity contribution in [3.8, 4) is 0 Å². The van der Waals surface area contributed by atoms with Gasteiger partial charge in [-0.25, -0.2) is 4.39 Å². The number of likely N-dealkylation sites (N-methyl/N-ethyl adjacent to an activating group) is 1. The number of hydrogen-bond acceptors (Lipinski definition) is 1. The van der Waals surface area contributed by atoms with E-state index in [1.54, 1.807) is 6.07 Å². The van der Waals surface area contributed by atoms with E-state index in [9.17, 15) is 4.39 Å². The van der Waals surface area contributed by atoms with Crippen LogP contribution in [0, 0.1) is 17.7 Å². The van der Waals surface area contributed by atoms with E-state index in [2.05, 4.69) is 19.2 Å². The highest BCUT2D eigenvalue weighted by molar-refractivity contribution is 5.17. The quantitative estimate of drug-likeness (QED) is 0.840. The second-order valence-corrected chi connectivity index (χ2v) is 6.02. The molecule has 1 unspecified atom stereocenters. The monoisotopic (exact) mass is 263 g/mol. The fourth-order valence-electron chi connectivity index (χ4n) is 3.27. The Bertz CT molecular complexity index is 383. The molecule has 1 aromatic rings. The third-order valence-corrected chi connectivity index (χ3v) is 4.44. The van der Waals surface area contributed by atoms with Gasteiger partial charge in [0, 0.05) is 6.04 Å². The minimum atomic E-state index is -0.120. The molecule has 2 heteroatoms. The van der Waals surface area contributed by atoms with E-state index in [0.717, 1.165) is 30.4 Å². The Morgan fingerprint density at radius 3 is 2.63 bits per heavy atom. The largest absolute Gasteiger partial charge is 0.314 e. The molecule has 1 atom stereocenters. The first-order valence-corrected chi connectivity index (χ1v) is 7.67. The van der Waals surface area contributed by atoms with Gasteiger partial charge in [0.2, 0.25) is 0 Å². The molecular weight excluding hydrogens is 237 g/mol. The fourth-order valence-corrected chi connectivity index (χ4v) is 3.27. The first-order chi connectivity index (χ1) is 9.19. The third-order valence-electron chi connectivity index (χ3n) is 4.44. The molecule has 2 rings (SSSR count). The molecule has 1 nitrogen and oxygen atoms in total. The Morgan fingerprint density at radius 1 is 1.26 bits per heavy atom. The van der Waals surface area contributed by atoms with Crippen LogP contribution in [0.15, 0.2) is 24.3 Å². The van der Waals surface area contributed by atoms with Gasteiger partial charge in [-0.15, -0.1) is 0 Å². The molecule has 1 aliphatic rings. The molecule has 106 valence electrons. The molecule has 1 aromatic carbocycles. The number of halogens is 1. The van der Waals surface area contributed by atoms with Crippen molar-refractivity contribution in [1.29, 1.82) is 0 Å². The summed E-state index contributed by atoms with van der Waals surface area (Å²) >= 11 is 0. The predicted molar refractivity (Wildman–Crippen MR) is 78.7 cm³/mol. The summed E-state index contributed by atoms with van der Waals surface area (Å²) in [6.45, 7) is 5.50. The molecule has 0 aliphatic heterocycles. The van der Waals surface area contributed by atoms with Crippen LogP contribution >= 0.6 is 0 Å². The zero-order chi connectivity index (χ0) is 13.7. The maximum atomic E-state index is 13.3. The molecule has 0 heterocycles. The Kier molecular flexibility index (Phi) is 5.38. The summed E-state index contributed by atoms with van der Waals surface area (Å²) in [7, 11) is 0. The zero-order valence-electron chi connectivity index (χ0n) is 12.2. The molecule has 0 radical (unpaired) electrons. The molecule has 1 aliphatic carbocycles. The molecule has 0 spiro atoms. The lowest BCUT2D eigenvalue weighted by Crippen LogP contribution is -2.39. The van der Waals surface area contributed by atoms with Crippen molar-refractivity contribution in [3.05, 3.63) is 35.6 Å². The van der Waals surface area contributed by atoms with Crippen molar-refractivity contribution in [2.24, 2.45) is 11.8 Å². The van der Waals surface area contributed by atoms with E-state index in [0.29, 0.717) is 6.04 Å². The molecule has 0 saturated heterocycles. The lowest BCUT2D eigenvalue weighted by atomic mass is 9.77. The number of hydrogen-bond donors (Lipinski definition) is 1. The Labute approximate surface area is 116 Å². The predicted octanol–water partition coefficient (Wildman–Crippen LogP) is 4.17. The number of rotatable bonds is 5. The number of nitrogens with one attached hydrogen (secondary N) is 1. The lowest BCUT2D eigenvalue weighted by molar-refractivity contribution is 0.230. The van der Waals surface area contributed by atoms with Gasteiger partial charge >= 0.3 is 0 Å². The van der Waals surface area contributed by atoms with Crippen molar-refractivity contribution >= 4 is 0 Å². The summed E-state index contributed by atoms with van der Waals surface area (Å²) in [5, 5.41) is 3.61. The summed E-state index contributed by atoms with van der Waals surface area (Å²) in [5.74, 6) is 1.51. The van der Waals surface area contributed by atoms with Crippen LogP contribution < -0.4 is 5.32 Å². The summed E-state index contributed by atoms with van der Waals surface area (Å²) < 4.78 is 13.3. The van der Waals surface area contributed by atoms with E-state index in [-0.39, 0.29) is 5.82 Å². The van der Waals surface area contributed by atoms with Crippen molar-refractivity contribution in [2.75, 3.05) is 6.54 Å². The molecule has 0 aromatic heterocycles. The first-order valence-electron chi connectivity index (χ1n) is 7.67. The highest BCUT2D eigenvalue weighted by Crippen LogP contribution is 2.31. The van der Waals surface area contributed by atoms with Crippen molar-refractivity contribution in [2.45, 2.75) is 52.0 Å². The molecule has 19 heavy (non-hydrogen) atoms. The molecule has 1 fully saturated rings. The maximum absolute atomic E-state index is 13.3. The van der Waals surface area contributed by atoms with E-state index < -0.39 is 0 Å². The molecule has 1 saturated carbocycles. The topological polar surface area (TPSA) is 12.0 Å². The second-order valence-electron chi connectivity index (χ2n) is 6.02. The van der Waals surface area contributed by atoms with Crippen LogP contribution in [0.5, 0.6) is 0 Å². The van der Waals surface area contributed by atoms with Crippen LogP contribution in [0.3, 0.4) is 0 Å². The third kappa shape index (κ3) is 4.31. The minimum absolute atomic E-state index is 0.120. The summed E-state index contributed by atoms with van der Waals surface area (Å²) in [4.78, 5) is 0. The molecule has 1 N–H and O–H groups in total. The average molecular weight is 263 g/mol. The fraction of sp³-hybridized carbons (Fsp3) is 0.647. The highest BCUT2D eigenvalue weighted by atomic mass is 19.1. The van der Waals surface area contributed by atoms with Gasteiger partial charge in [-0.1, -0.05) is 38.8 Å². The van der Waals surface area contributed by atoms with E-state index in [1.807, 2.05) is 12.1 Å². The van der Waals surface area contributed by atoms with Crippen LogP contribution in [0.1, 0.15) is 45.1 Å². The van der Waals surface area contributed by atoms with Gasteiger partial charge < -0.3 is 5.32 Å². The van der Waals surface area contributed by atoms with Gasteiger partial charge in [-0.2, -0.15) is 0 Å². The van der Waals surface area contributed by atoms with E-state index in [4.69, 9.17) is 0 Å². The Balaban J connectivity index is 1.99. The molecule has 0 bridgehead atoms. The Morgan fingerprint density at radius 2 is 2.00 bits per heavy atom. The highest BCUT2D eigenvalue weighted by Gasteiger charge is 2.25. The van der Waals surface area contributed by atoms with Crippen LogP contribution in [-0.4, -0.2) is 12.6 Å². The SMILES string of the molecule is CCNC(Cc1cccc(F)c1)C1CCC(C)CC1. The van der Waals surface area contributed by atoms with Gasteiger partial charge in [0.05, 0.1) is 0 Å². The van der Waals surface area contributed by atoms with Gasteiger partial charge in [-0.3, -0.25) is 0 Å². The molecule has 0 amide bonds. The van der Waals surface area contributed by atoms with Crippen molar-refractivity contribution < 1.29 is 4.39 Å². The van der Waals surface area contributed by atoms with Gasteiger partial charge in [0.1, 0.15) is 5.82 Å². The second kappa shape index (κ2) is 7.04. The standard InChI is InChI=1S/C17H26FN/c1-3-19-17(15-9-7-13(2)8-10-15)12-14-5-4-6-16(18)11-14/h4-6,11,13,15,17,19H,3,7-10,12H2,1-2H3. The summed E-state index contributed by atoms with van der Waals surface area (Å²) in [6.07, 6.45) is 6.26. The van der Waals surface area contributed by atoms with Crippen LogP contribution in [-0.2, 0) is 6.42 Å². The molecular formula is C17H26FN. The minimum Gasteiger partial charge on any atom is -0.314 e. The maximum Gasteiger partial charge on any atom is 0.123 e. The smallest absolute Gasteiger partial charge is 0.123 e. The summed E-state index contributed by atoms with van der Waals surface area (Å²) in [6, 6.07) is 7.55. The van der Waals surface area contributed by atoms with E-state index in [1.165, 1.54) is 31.7 Å². The first kappa shape index (κ1) is 14.5. The van der Waals surface area contributed by atoms with Crippen LogP contribution in [0.4, 0.5) is 4.39 Å². The van der Waals surface area contributed by atoms with Gasteiger partial charge in [0.25, 0.3) is 0 Å². The van der Waals surface area contributed by atoms with E-state index >= 15 is 0 Å².